The molecule has 0 spiro atoms. The van der Waals surface area contributed by atoms with E-state index < -0.39 is 25.7 Å². The highest BCUT2D eigenvalue weighted by molar-refractivity contribution is 7.90. The van der Waals surface area contributed by atoms with E-state index in [1.54, 1.807) is 54.9 Å². The molecule has 6 aromatic rings. The molecule has 1 fully saturated rings. The van der Waals surface area contributed by atoms with Crippen molar-refractivity contribution in [2.24, 2.45) is 0 Å². The Morgan fingerprint density at radius 2 is 1.73 bits per heavy atom. The van der Waals surface area contributed by atoms with Crippen molar-refractivity contribution in [1.82, 2.24) is 23.8 Å². The summed E-state index contributed by atoms with van der Waals surface area (Å²) in [6.07, 6.45) is 6.76. The molecule has 3 aromatic heterocycles. The highest BCUT2D eigenvalue weighted by atomic mass is 32.2. The van der Waals surface area contributed by atoms with E-state index in [1.807, 2.05) is 37.3 Å². The van der Waals surface area contributed by atoms with Crippen LogP contribution in [0.25, 0.3) is 32.7 Å². The average Bonchev–Trinajstić information content (AvgIpc) is 3.78. The Morgan fingerprint density at radius 1 is 0.942 bits per heavy atom. The number of likely N-dealkylation sites (tertiary alicyclic amines) is 1. The van der Waals surface area contributed by atoms with Crippen LogP contribution in [-0.2, 0) is 32.7 Å². The molecular formula is C38H38FN5O5S3. The lowest BCUT2D eigenvalue weighted by molar-refractivity contribution is 0.100. The van der Waals surface area contributed by atoms with Crippen LogP contribution >= 0.6 is 11.3 Å². The SMILES string of the molecule is CCc1nc(-c2ccc3ccn(S(=O)(=O)c4ccccc4)c3c2)c(-c2ccnc(Cc3ccc(OC4CCN(CCS(C)(=O)=O)CC4)c(F)c3)n2)s1. The molecule has 0 N–H and O–H groups in total. The van der Waals surface area contributed by atoms with E-state index in [0.717, 1.165) is 20.8 Å². The smallest absolute Gasteiger partial charge is 0.268 e. The predicted molar refractivity (Wildman–Crippen MR) is 201 cm³/mol. The summed E-state index contributed by atoms with van der Waals surface area (Å²) in [5.41, 5.74) is 3.38. The Balaban J connectivity index is 1.09. The number of sulfone groups is 1. The van der Waals surface area contributed by atoms with E-state index in [2.05, 4.69) is 9.88 Å². The second-order valence-corrected chi connectivity index (χ2v) is 18.1. The van der Waals surface area contributed by atoms with Gasteiger partial charge in [0.05, 0.1) is 37.4 Å². The molecule has 1 saturated heterocycles. The van der Waals surface area contributed by atoms with E-state index in [4.69, 9.17) is 14.7 Å². The quantitative estimate of drug-likeness (QED) is 0.135. The van der Waals surface area contributed by atoms with E-state index in [0.29, 0.717) is 73.6 Å². The molecule has 1 aliphatic heterocycles. The van der Waals surface area contributed by atoms with Crippen LogP contribution in [0.15, 0.2) is 96.2 Å². The van der Waals surface area contributed by atoms with Crippen molar-refractivity contribution in [3.8, 4) is 27.6 Å². The van der Waals surface area contributed by atoms with Gasteiger partial charge in [0.1, 0.15) is 21.8 Å². The van der Waals surface area contributed by atoms with Crippen LogP contribution in [0.5, 0.6) is 5.75 Å². The third-order valence-electron chi connectivity index (χ3n) is 9.11. The monoisotopic (exact) mass is 759 g/mol. The Labute approximate surface area is 306 Å². The molecule has 270 valence electrons. The minimum Gasteiger partial charge on any atom is -0.487 e. The highest BCUT2D eigenvalue weighted by Crippen LogP contribution is 2.38. The van der Waals surface area contributed by atoms with Gasteiger partial charge in [0, 0.05) is 55.7 Å². The normalized spacial score (nSPS) is 14.6. The number of thiazole rings is 1. The molecule has 0 atom stereocenters. The van der Waals surface area contributed by atoms with Gasteiger partial charge in [-0.3, -0.25) is 0 Å². The van der Waals surface area contributed by atoms with Crippen LogP contribution in [-0.4, -0.2) is 78.4 Å². The highest BCUT2D eigenvalue weighted by Gasteiger charge is 2.24. The number of aryl methyl sites for hydroxylation is 1. The third kappa shape index (κ3) is 7.94. The molecule has 4 heterocycles. The molecule has 3 aromatic carbocycles. The summed E-state index contributed by atoms with van der Waals surface area (Å²) < 4.78 is 72.7. The van der Waals surface area contributed by atoms with Crippen molar-refractivity contribution in [3.05, 3.63) is 113 Å². The molecule has 0 radical (unpaired) electrons. The molecule has 7 rings (SSSR count). The molecule has 0 unspecified atom stereocenters. The fourth-order valence-corrected chi connectivity index (χ4v) is 9.27. The van der Waals surface area contributed by atoms with Gasteiger partial charge in [0.15, 0.2) is 11.6 Å². The van der Waals surface area contributed by atoms with Gasteiger partial charge < -0.3 is 9.64 Å². The first kappa shape index (κ1) is 35.9. The van der Waals surface area contributed by atoms with Gasteiger partial charge in [-0.1, -0.05) is 43.3 Å². The van der Waals surface area contributed by atoms with Gasteiger partial charge in [0.25, 0.3) is 10.0 Å². The van der Waals surface area contributed by atoms with Crippen LogP contribution in [0.3, 0.4) is 0 Å². The zero-order valence-electron chi connectivity index (χ0n) is 28.8. The predicted octanol–water partition coefficient (Wildman–Crippen LogP) is 6.64. The van der Waals surface area contributed by atoms with Crippen LogP contribution in [0.2, 0.25) is 0 Å². The molecule has 0 amide bonds. The van der Waals surface area contributed by atoms with Crippen molar-refractivity contribution >= 4 is 42.1 Å². The number of benzene rings is 3. The summed E-state index contributed by atoms with van der Waals surface area (Å²) in [5.74, 6) is 0.374. The van der Waals surface area contributed by atoms with Gasteiger partial charge in [-0.05, 0) is 67.3 Å². The first-order valence-electron chi connectivity index (χ1n) is 17.1. The van der Waals surface area contributed by atoms with Crippen LogP contribution in [0.4, 0.5) is 4.39 Å². The molecule has 0 bridgehead atoms. The Morgan fingerprint density at radius 3 is 2.46 bits per heavy atom. The number of ether oxygens (including phenoxy) is 1. The minimum atomic E-state index is -3.81. The summed E-state index contributed by atoms with van der Waals surface area (Å²) in [5, 5.41) is 1.70. The summed E-state index contributed by atoms with van der Waals surface area (Å²) in [6.45, 7) is 3.93. The van der Waals surface area contributed by atoms with Gasteiger partial charge in [-0.15, -0.1) is 11.3 Å². The van der Waals surface area contributed by atoms with Gasteiger partial charge in [0.2, 0.25) is 0 Å². The topological polar surface area (TPSA) is 124 Å². The number of hydrogen-bond acceptors (Lipinski definition) is 10. The lowest BCUT2D eigenvalue weighted by atomic mass is 10.1. The molecule has 0 aliphatic carbocycles. The van der Waals surface area contributed by atoms with Crippen molar-refractivity contribution in [2.45, 2.75) is 43.6 Å². The van der Waals surface area contributed by atoms with Gasteiger partial charge in [-0.2, -0.15) is 0 Å². The number of halogens is 1. The molecule has 10 nitrogen and oxygen atoms in total. The van der Waals surface area contributed by atoms with Gasteiger partial charge in [-0.25, -0.2) is 40.2 Å². The number of aromatic nitrogens is 4. The fraction of sp³-hybridized carbons (Fsp3) is 0.289. The molecule has 14 heteroatoms. The van der Waals surface area contributed by atoms with Gasteiger partial charge >= 0.3 is 0 Å². The molecule has 0 saturated carbocycles. The number of nitrogens with zero attached hydrogens (tertiary/aromatic N) is 5. The first-order valence-corrected chi connectivity index (χ1v) is 21.4. The fourth-order valence-electron chi connectivity index (χ4n) is 6.32. The Kier molecular flexibility index (Phi) is 10.3. The van der Waals surface area contributed by atoms with Crippen molar-refractivity contribution in [1.29, 1.82) is 0 Å². The van der Waals surface area contributed by atoms with E-state index in [1.165, 1.54) is 27.6 Å². The number of hydrogen-bond donors (Lipinski definition) is 0. The largest absolute Gasteiger partial charge is 0.487 e. The summed E-state index contributed by atoms with van der Waals surface area (Å²) in [6, 6.07) is 22.6. The second kappa shape index (κ2) is 14.9. The number of piperidine rings is 1. The zero-order valence-corrected chi connectivity index (χ0v) is 31.2. The van der Waals surface area contributed by atoms with Crippen LogP contribution in [0, 0.1) is 5.82 Å². The number of rotatable bonds is 12. The van der Waals surface area contributed by atoms with Crippen molar-refractivity contribution in [2.75, 3.05) is 31.6 Å². The van der Waals surface area contributed by atoms with E-state index >= 15 is 4.39 Å². The number of fused-ring (bicyclic) bond motifs is 1. The molecular weight excluding hydrogens is 722 g/mol. The third-order valence-corrected chi connectivity index (χ3v) is 13.0. The average molecular weight is 760 g/mol. The maximum atomic E-state index is 15.3. The van der Waals surface area contributed by atoms with E-state index in [-0.39, 0.29) is 22.5 Å². The summed E-state index contributed by atoms with van der Waals surface area (Å²) in [7, 11) is -6.83. The second-order valence-electron chi connectivity index (χ2n) is 12.9. The maximum Gasteiger partial charge on any atom is 0.268 e. The lowest BCUT2D eigenvalue weighted by Crippen LogP contribution is -2.40. The zero-order chi connectivity index (χ0) is 36.5. The van der Waals surface area contributed by atoms with Crippen molar-refractivity contribution in [3.63, 3.8) is 0 Å². The Hall–Kier alpha value is -4.50. The minimum absolute atomic E-state index is 0.127. The maximum absolute atomic E-state index is 15.3. The van der Waals surface area contributed by atoms with Crippen molar-refractivity contribution < 1.29 is 26.0 Å². The standard InChI is InChI=1S/C38H38FN5O5S3/c1-3-36-42-37(28-11-10-27-14-20-44(33(27)25-28)52(47,48)30-7-5-4-6-8-30)38(50-36)32-13-17-40-35(41-32)24-26-9-12-34(31(39)23-26)49-29-15-18-43(19-16-29)21-22-51(2,45)46/h4-14,17,20,23,25,29H,3,15-16,18-19,21-22,24H2,1-2H3. The summed E-state index contributed by atoms with van der Waals surface area (Å²) in [4.78, 5) is 17.4. The first-order chi connectivity index (χ1) is 25.0. The lowest BCUT2D eigenvalue weighted by Gasteiger charge is -2.32. The van der Waals surface area contributed by atoms with Crippen LogP contribution in [0.1, 0.15) is 36.2 Å². The Bertz CT molecular complexity index is 2440. The summed E-state index contributed by atoms with van der Waals surface area (Å²) >= 11 is 1.53. The van der Waals surface area contributed by atoms with E-state index in [9.17, 15) is 16.8 Å². The van der Waals surface area contributed by atoms with Crippen LogP contribution < -0.4 is 4.74 Å². The molecule has 1 aliphatic rings. The molecule has 52 heavy (non-hydrogen) atoms.